The van der Waals surface area contributed by atoms with Gasteiger partial charge in [-0.2, -0.15) is 0 Å². The first-order chi connectivity index (χ1) is 22.4. The Labute approximate surface area is 281 Å². The fourth-order valence-corrected chi connectivity index (χ4v) is 7.55. The minimum atomic E-state index is -3.85. The van der Waals surface area contributed by atoms with E-state index in [4.69, 9.17) is 9.47 Å². The van der Waals surface area contributed by atoms with Gasteiger partial charge in [0.25, 0.3) is 15.9 Å². The van der Waals surface area contributed by atoms with Gasteiger partial charge in [0.1, 0.15) is 9.96 Å². The monoisotopic (exact) mass is 687 g/mol. The van der Waals surface area contributed by atoms with Crippen molar-refractivity contribution in [2.24, 2.45) is 5.92 Å². The molecule has 0 fully saturated rings. The highest BCUT2D eigenvalue weighted by molar-refractivity contribution is 7.94. The van der Waals surface area contributed by atoms with Crippen molar-refractivity contribution in [3.63, 3.8) is 0 Å². The van der Waals surface area contributed by atoms with Gasteiger partial charge < -0.3 is 24.6 Å². The van der Waals surface area contributed by atoms with Crippen molar-refractivity contribution in [1.29, 1.82) is 0 Å². The number of carboxylic acid groups (broad SMARTS) is 1. The van der Waals surface area contributed by atoms with E-state index in [-0.39, 0.29) is 58.2 Å². The highest BCUT2D eigenvalue weighted by Crippen LogP contribution is 2.30. The maximum atomic E-state index is 14.3. The molecule has 256 valence electrons. The minimum Gasteiger partial charge on any atom is -0.490 e. The van der Waals surface area contributed by atoms with E-state index in [2.05, 4.69) is 9.62 Å². The number of amides is 1. The van der Waals surface area contributed by atoms with E-state index in [0.29, 0.717) is 25.4 Å². The van der Waals surface area contributed by atoms with Gasteiger partial charge in [0.05, 0.1) is 36.0 Å². The molecule has 11 nitrogen and oxygen atoms in total. The van der Waals surface area contributed by atoms with E-state index in [0.717, 1.165) is 36.2 Å². The van der Waals surface area contributed by atoms with Crippen molar-refractivity contribution in [2.75, 3.05) is 38.1 Å². The first-order valence-corrected chi connectivity index (χ1v) is 18.2. The van der Waals surface area contributed by atoms with E-state index in [1.165, 1.54) is 12.1 Å². The molecule has 2 heterocycles. The Morgan fingerprint density at radius 2 is 1.89 bits per heavy atom. The number of thiophene rings is 1. The summed E-state index contributed by atoms with van der Waals surface area (Å²) >= 11 is 1.10. The molecule has 0 spiro atoms. The largest absolute Gasteiger partial charge is 0.490 e. The molecule has 0 radical (unpaired) electrons. The summed E-state index contributed by atoms with van der Waals surface area (Å²) in [6.07, 6.45) is 1.94. The molecule has 1 aliphatic heterocycles. The fourth-order valence-electron chi connectivity index (χ4n) is 5.51. The van der Waals surface area contributed by atoms with Crippen molar-refractivity contribution in [1.82, 2.24) is 9.80 Å². The fraction of sp³-hybridized carbons (Fsp3) is 0.471. The highest BCUT2D eigenvalue weighted by atomic mass is 32.2. The van der Waals surface area contributed by atoms with Crippen molar-refractivity contribution in [3.05, 3.63) is 76.7 Å². The number of carboxylic acids is 1. The standard InChI is InChI=1S/C34H45N3O8S2/c1-23-19-37(24(2)22-38)33(39)29-18-28(35-47(42,43)32-9-7-17-46-32)14-15-30(29)45-25(3)8-5-6-16-44-31(23)21-36(4)20-26-10-12-27(13-11-26)34(40)41/h7,9-15,17-18,23-25,31,35,38H,5-6,8,16,19-22H2,1-4H3,(H,40,41)/t23-,24+,25-,31-/m0/s1. The maximum absolute atomic E-state index is 14.3. The topological polar surface area (TPSA) is 146 Å². The molecule has 4 rings (SSSR count). The van der Waals surface area contributed by atoms with Gasteiger partial charge in [0, 0.05) is 37.8 Å². The van der Waals surface area contributed by atoms with Crippen LogP contribution < -0.4 is 9.46 Å². The first-order valence-electron chi connectivity index (χ1n) is 15.8. The molecule has 1 amide bonds. The number of nitrogens with one attached hydrogen (secondary N) is 1. The number of ether oxygens (including phenoxy) is 2. The van der Waals surface area contributed by atoms with Crippen LogP contribution in [0, 0.1) is 5.92 Å². The Hall–Kier alpha value is -3.49. The lowest BCUT2D eigenvalue weighted by Gasteiger charge is -2.36. The zero-order chi connectivity index (χ0) is 34.1. The van der Waals surface area contributed by atoms with Crippen LogP contribution in [0.5, 0.6) is 5.75 Å². The van der Waals surface area contributed by atoms with E-state index in [1.54, 1.807) is 59.7 Å². The van der Waals surface area contributed by atoms with Crippen molar-refractivity contribution >= 4 is 38.9 Å². The average Bonchev–Trinajstić information content (AvgIpc) is 3.59. The average molecular weight is 688 g/mol. The Kier molecular flexibility index (Phi) is 12.8. The van der Waals surface area contributed by atoms with Gasteiger partial charge in [-0.25, -0.2) is 13.2 Å². The summed E-state index contributed by atoms with van der Waals surface area (Å²) in [5.41, 5.74) is 1.63. The number of hydrogen-bond donors (Lipinski definition) is 3. The van der Waals surface area contributed by atoms with Crippen molar-refractivity contribution < 1.29 is 37.7 Å². The van der Waals surface area contributed by atoms with Gasteiger partial charge in [0.2, 0.25) is 0 Å². The van der Waals surface area contributed by atoms with Crippen LogP contribution in [-0.2, 0) is 21.3 Å². The van der Waals surface area contributed by atoms with E-state index >= 15 is 0 Å². The number of benzene rings is 2. The lowest BCUT2D eigenvalue weighted by molar-refractivity contribution is -0.0177. The third-order valence-corrected chi connectivity index (χ3v) is 11.0. The molecule has 0 saturated carbocycles. The maximum Gasteiger partial charge on any atom is 0.335 e. The SMILES string of the molecule is C[C@H](CO)N1C[C@H](C)[C@H](CN(C)Cc2ccc(C(=O)O)cc2)OCCCC[C@H](C)Oc2ccc(NS(=O)(=O)c3cccs3)cc2C1=O. The lowest BCUT2D eigenvalue weighted by Crippen LogP contribution is -2.47. The number of nitrogens with zero attached hydrogens (tertiary/aromatic N) is 2. The Morgan fingerprint density at radius 1 is 1.15 bits per heavy atom. The van der Waals surface area contributed by atoms with Crippen LogP contribution in [0.3, 0.4) is 0 Å². The molecule has 4 atom stereocenters. The summed E-state index contributed by atoms with van der Waals surface area (Å²) in [5, 5.41) is 21.1. The van der Waals surface area contributed by atoms with Crippen LogP contribution in [0.2, 0.25) is 0 Å². The molecule has 0 saturated heterocycles. The van der Waals surface area contributed by atoms with Crippen LogP contribution in [-0.4, -0.2) is 91.9 Å². The lowest BCUT2D eigenvalue weighted by atomic mass is 10.0. The normalized spacial score (nSPS) is 20.6. The summed E-state index contributed by atoms with van der Waals surface area (Å²) < 4.78 is 41.4. The molecular weight excluding hydrogens is 643 g/mol. The van der Waals surface area contributed by atoms with Crippen LogP contribution in [0.25, 0.3) is 0 Å². The highest BCUT2D eigenvalue weighted by Gasteiger charge is 2.31. The summed E-state index contributed by atoms with van der Waals surface area (Å²) in [6.45, 7) is 7.39. The molecule has 0 bridgehead atoms. The predicted octanol–water partition coefficient (Wildman–Crippen LogP) is 5.17. The number of fused-ring (bicyclic) bond motifs is 1. The number of carbonyl (C=O) groups excluding carboxylic acids is 1. The van der Waals surface area contributed by atoms with E-state index in [1.807, 2.05) is 20.9 Å². The van der Waals surface area contributed by atoms with Crippen LogP contribution in [0.4, 0.5) is 5.69 Å². The summed E-state index contributed by atoms with van der Waals surface area (Å²) in [7, 11) is -1.88. The number of anilines is 1. The van der Waals surface area contributed by atoms with E-state index in [9.17, 15) is 28.2 Å². The number of aliphatic hydroxyl groups excluding tert-OH is 1. The van der Waals surface area contributed by atoms with Gasteiger partial charge >= 0.3 is 5.97 Å². The van der Waals surface area contributed by atoms with E-state index < -0.39 is 22.0 Å². The number of aromatic carboxylic acids is 1. The van der Waals surface area contributed by atoms with Gasteiger partial charge in [-0.15, -0.1) is 11.3 Å². The smallest absolute Gasteiger partial charge is 0.335 e. The quantitative estimate of drug-likeness (QED) is 0.263. The van der Waals surface area contributed by atoms with Crippen LogP contribution in [0.15, 0.2) is 64.2 Å². The van der Waals surface area contributed by atoms with Crippen molar-refractivity contribution in [2.45, 2.75) is 69.0 Å². The number of aliphatic hydroxyl groups is 1. The molecular formula is C34H45N3O8S2. The molecule has 0 unspecified atom stereocenters. The summed E-state index contributed by atoms with van der Waals surface area (Å²) in [6, 6.07) is 14.1. The molecule has 3 aromatic rings. The molecule has 1 aliphatic rings. The molecule has 13 heteroatoms. The number of rotatable bonds is 10. The van der Waals surface area contributed by atoms with Crippen LogP contribution >= 0.6 is 11.3 Å². The number of sulfonamides is 1. The molecule has 2 aromatic carbocycles. The van der Waals surface area contributed by atoms with Gasteiger partial charge in [-0.3, -0.25) is 14.4 Å². The molecule has 3 N–H and O–H groups in total. The Balaban J connectivity index is 1.61. The van der Waals surface area contributed by atoms with Gasteiger partial charge in [-0.05, 0) is 87.5 Å². The number of hydrogen-bond acceptors (Lipinski definition) is 9. The number of carbonyl (C=O) groups is 2. The number of likely N-dealkylation sites (N-methyl/N-ethyl adjacent to an activating group) is 1. The predicted molar refractivity (Wildman–Crippen MR) is 182 cm³/mol. The first kappa shape index (κ1) is 36.3. The van der Waals surface area contributed by atoms with Gasteiger partial charge in [0.15, 0.2) is 0 Å². The van der Waals surface area contributed by atoms with Crippen LogP contribution in [0.1, 0.15) is 66.3 Å². The van der Waals surface area contributed by atoms with Gasteiger partial charge in [-0.1, -0.05) is 25.1 Å². The minimum absolute atomic E-state index is 0.142. The molecule has 0 aliphatic carbocycles. The summed E-state index contributed by atoms with van der Waals surface area (Å²) in [5.74, 6) is -1.15. The molecule has 47 heavy (non-hydrogen) atoms. The second kappa shape index (κ2) is 16.6. The zero-order valence-electron chi connectivity index (χ0n) is 27.3. The van der Waals surface area contributed by atoms with Crippen molar-refractivity contribution in [3.8, 4) is 5.75 Å². The third kappa shape index (κ3) is 10.0. The third-order valence-electron chi connectivity index (χ3n) is 8.21. The molecule has 1 aromatic heterocycles. The summed E-state index contributed by atoms with van der Waals surface area (Å²) in [4.78, 5) is 29.3. The Bertz CT molecular complexity index is 1580. The second-order valence-corrected chi connectivity index (χ2v) is 15.1. The second-order valence-electron chi connectivity index (χ2n) is 12.2. The zero-order valence-corrected chi connectivity index (χ0v) is 28.9. The Morgan fingerprint density at radius 3 is 2.55 bits per heavy atom.